The first-order valence-electron chi connectivity index (χ1n) is 5.38. The summed E-state index contributed by atoms with van der Waals surface area (Å²) < 4.78 is 22.7. The zero-order valence-corrected chi connectivity index (χ0v) is 10.7. The highest BCUT2D eigenvalue weighted by Crippen LogP contribution is 1.99. The SMILES string of the molecule is C#CCS(=O)(=O)CC(=O)N(CCC)CCC. The van der Waals surface area contributed by atoms with Crippen LogP contribution in [0.4, 0.5) is 0 Å². The highest BCUT2D eigenvalue weighted by atomic mass is 32.2. The summed E-state index contributed by atoms with van der Waals surface area (Å²) >= 11 is 0. The molecule has 0 radical (unpaired) electrons. The fourth-order valence-corrected chi connectivity index (χ4v) is 2.27. The second-order valence-corrected chi connectivity index (χ2v) is 5.68. The molecule has 0 aromatic carbocycles. The number of terminal acetylenes is 1. The molecule has 0 bridgehead atoms. The summed E-state index contributed by atoms with van der Waals surface area (Å²) in [5.74, 6) is 0.864. The molecule has 0 aliphatic rings. The zero-order valence-electron chi connectivity index (χ0n) is 9.90. The third-order valence-corrected chi connectivity index (χ3v) is 3.28. The summed E-state index contributed by atoms with van der Waals surface area (Å²) in [7, 11) is -3.44. The van der Waals surface area contributed by atoms with Crippen LogP contribution in [-0.2, 0) is 14.6 Å². The number of nitrogens with zero attached hydrogens (tertiary/aromatic N) is 1. The summed E-state index contributed by atoms with van der Waals surface area (Å²) in [6, 6.07) is 0. The molecule has 0 heterocycles. The predicted molar refractivity (Wildman–Crippen MR) is 64.6 cm³/mol. The Balaban J connectivity index is 4.47. The van der Waals surface area contributed by atoms with E-state index in [9.17, 15) is 13.2 Å². The van der Waals surface area contributed by atoms with Crippen molar-refractivity contribution in [1.82, 2.24) is 4.90 Å². The fourth-order valence-electron chi connectivity index (χ4n) is 1.36. The lowest BCUT2D eigenvalue weighted by Crippen LogP contribution is -2.37. The van der Waals surface area contributed by atoms with Crippen LogP contribution in [-0.4, -0.2) is 43.8 Å². The molecular formula is C11H19NO3S. The third kappa shape index (κ3) is 5.76. The molecule has 16 heavy (non-hydrogen) atoms. The van der Waals surface area contributed by atoms with Gasteiger partial charge in [0.2, 0.25) is 5.91 Å². The van der Waals surface area contributed by atoms with Crippen LogP contribution in [0.25, 0.3) is 0 Å². The van der Waals surface area contributed by atoms with E-state index in [0.29, 0.717) is 13.1 Å². The number of hydrogen-bond acceptors (Lipinski definition) is 3. The van der Waals surface area contributed by atoms with E-state index in [4.69, 9.17) is 6.42 Å². The molecule has 5 heteroatoms. The number of carbonyl (C=O) groups excluding carboxylic acids is 1. The van der Waals surface area contributed by atoms with E-state index in [1.54, 1.807) is 4.90 Å². The van der Waals surface area contributed by atoms with Gasteiger partial charge in [0, 0.05) is 13.1 Å². The summed E-state index contributed by atoms with van der Waals surface area (Å²) in [4.78, 5) is 13.3. The Morgan fingerprint density at radius 1 is 1.25 bits per heavy atom. The Morgan fingerprint density at radius 2 is 1.75 bits per heavy atom. The van der Waals surface area contributed by atoms with E-state index in [-0.39, 0.29) is 11.7 Å². The van der Waals surface area contributed by atoms with Crippen molar-refractivity contribution in [2.24, 2.45) is 0 Å². The van der Waals surface area contributed by atoms with Crippen molar-refractivity contribution in [3.8, 4) is 12.3 Å². The molecule has 0 aromatic rings. The molecule has 0 aromatic heterocycles. The molecule has 4 nitrogen and oxygen atoms in total. The number of amides is 1. The van der Waals surface area contributed by atoms with Crippen molar-refractivity contribution in [2.75, 3.05) is 24.6 Å². The molecule has 0 unspecified atom stereocenters. The zero-order chi connectivity index (χ0) is 12.6. The molecule has 0 N–H and O–H groups in total. The van der Waals surface area contributed by atoms with Gasteiger partial charge in [0.05, 0.1) is 0 Å². The summed E-state index contributed by atoms with van der Waals surface area (Å²) in [5, 5.41) is 0. The molecule has 0 aliphatic carbocycles. The minimum atomic E-state index is -3.44. The van der Waals surface area contributed by atoms with Gasteiger partial charge < -0.3 is 4.90 Å². The van der Waals surface area contributed by atoms with E-state index in [0.717, 1.165) is 12.8 Å². The van der Waals surface area contributed by atoms with E-state index >= 15 is 0 Å². The van der Waals surface area contributed by atoms with Gasteiger partial charge in [-0.15, -0.1) is 6.42 Å². The minimum Gasteiger partial charge on any atom is -0.342 e. The molecule has 0 fully saturated rings. The van der Waals surface area contributed by atoms with Crippen molar-refractivity contribution in [3.63, 3.8) is 0 Å². The van der Waals surface area contributed by atoms with Crippen LogP contribution in [0.15, 0.2) is 0 Å². The smallest absolute Gasteiger partial charge is 0.237 e. The number of sulfone groups is 1. The maximum Gasteiger partial charge on any atom is 0.237 e. The maximum absolute atomic E-state index is 11.7. The molecule has 0 saturated carbocycles. The summed E-state index contributed by atoms with van der Waals surface area (Å²) in [6.45, 7) is 5.09. The van der Waals surface area contributed by atoms with E-state index < -0.39 is 15.6 Å². The average molecular weight is 245 g/mol. The molecule has 0 saturated heterocycles. The molecule has 92 valence electrons. The lowest BCUT2D eigenvalue weighted by Gasteiger charge is -2.21. The van der Waals surface area contributed by atoms with Gasteiger partial charge in [0.1, 0.15) is 11.5 Å². The van der Waals surface area contributed by atoms with Gasteiger partial charge >= 0.3 is 0 Å². The second kappa shape index (κ2) is 7.29. The molecular weight excluding hydrogens is 226 g/mol. The summed E-state index contributed by atoms with van der Waals surface area (Å²) in [6.07, 6.45) is 6.57. The molecule has 0 rings (SSSR count). The lowest BCUT2D eigenvalue weighted by atomic mass is 10.3. The topological polar surface area (TPSA) is 54.5 Å². The number of rotatable bonds is 7. The Hall–Kier alpha value is -1.02. The Labute approximate surface area is 97.9 Å². The van der Waals surface area contributed by atoms with Gasteiger partial charge in [-0.2, -0.15) is 0 Å². The van der Waals surface area contributed by atoms with Crippen molar-refractivity contribution in [1.29, 1.82) is 0 Å². The van der Waals surface area contributed by atoms with Gasteiger partial charge in [-0.1, -0.05) is 19.8 Å². The quantitative estimate of drug-likeness (QED) is 0.620. The lowest BCUT2D eigenvalue weighted by molar-refractivity contribution is -0.128. The van der Waals surface area contributed by atoms with Gasteiger partial charge in [-0.05, 0) is 12.8 Å². The van der Waals surface area contributed by atoms with Crippen LogP contribution in [0.2, 0.25) is 0 Å². The van der Waals surface area contributed by atoms with E-state index in [1.807, 2.05) is 13.8 Å². The van der Waals surface area contributed by atoms with E-state index in [1.165, 1.54) is 0 Å². The van der Waals surface area contributed by atoms with Crippen LogP contribution in [0.5, 0.6) is 0 Å². The fraction of sp³-hybridized carbons (Fsp3) is 0.727. The molecule has 0 atom stereocenters. The van der Waals surface area contributed by atoms with Crippen molar-refractivity contribution in [3.05, 3.63) is 0 Å². The normalized spacial score (nSPS) is 10.8. The maximum atomic E-state index is 11.7. The van der Waals surface area contributed by atoms with Crippen LogP contribution < -0.4 is 0 Å². The Bertz CT molecular complexity index is 348. The van der Waals surface area contributed by atoms with Gasteiger partial charge in [-0.3, -0.25) is 4.79 Å². The van der Waals surface area contributed by atoms with Crippen molar-refractivity contribution in [2.45, 2.75) is 26.7 Å². The molecule has 1 amide bonds. The van der Waals surface area contributed by atoms with Crippen LogP contribution >= 0.6 is 0 Å². The highest BCUT2D eigenvalue weighted by molar-refractivity contribution is 7.92. The highest BCUT2D eigenvalue weighted by Gasteiger charge is 2.19. The Kier molecular flexibility index (Phi) is 6.82. The first-order valence-corrected chi connectivity index (χ1v) is 7.20. The van der Waals surface area contributed by atoms with Crippen LogP contribution in [0.3, 0.4) is 0 Å². The molecule has 0 spiro atoms. The first-order chi connectivity index (χ1) is 7.46. The van der Waals surface area contributed by atoms with Gasteiger partial charge in [-0.25, -0.2) is 8.42 Å². The second-order valence-electron chi connectivity index (χ2n) is 3.62. The van der Waals surface area contributed by atoms with E-state index in [2.05, 4.69) is 5.92 Å². The Morgan fingerprint density at radius 3 is 2.12 bits per heavy atom. The van der Waals surface area contributed by atoms with Gasteiger partial charge in [0.15, 0.2) is 9.84 Å². The molecule has 0 aliphatic heterocycles. The van der Waals surface area contributed by atoms with Crippen LogP contribution in [0.1, 0.15) is 26.7 Å². The number of hydrogen-bond donors (Lipinski definition) is 0. The monoisotopic (exact) mass is 245 g/mol. The predicted octanol–water partition coefficient (Wildman–Crippen LogP) is 0.683. The summed E-state index contributed by atoms with van der Waals surface area (Å²) in [5.41, 5.74) is 0. The average Bonchev–Trinajstić information content (AvgIpc) is 2.16. The van der Waals surface area contributed by atoms with Gasteiger partial charge in [0.25, 0.3) is 0 Å². The number of carbonyl (C=O) groups is 1. The third-order valence-electron chi connectivity index (χ3n) is 1.99. The van der Waals surface area contributed by atoms with Crippen molar-refractivity contribution < 1.29 is 13.2 Å². The first kappa shape index (κ1) is 15.0. The minimum absolute atomic E-state index is 0.348. The van der Waals surface area contributed by atoms with Crippen molar-refractivity contribution >= 4 is 15.7 Å². The largest absolute Gasteiger partial charge is 0.342 e. The van der Waals surface area contributed by atoms with Crippen LogP contribution in [0, 0.1) is 12.3 Å². The standard InChI is InChI=1S/C11H19NO3S/c1-4-7-12(8-5-2)11(13)10-16(14,15)9-6-3/h3H,4-5,7-10H2,1-2H3.